The van der Waals surface area contributed by atoms with Crippen LogP contribution in [0.1, 0.15) is 16.8 Å². The van der Waals surface area contributed by atoms with Crippen molar-refractivity contribution in [2.24, 2.45) is 0 Å². The van der Waals surface area contributed by atoms with Crippen molar-refractivity contribution >= 4 is 23.6 Å². The van der Waals surface area contributed by atoms with Crippen LogP contribution in [0, 0.1) is 0 Å². The average Bonchev–Trinajstić information content (AvgIpc) is 2.74. The smallest absolute Gasteiger partial charge is 0.409 e. The average molecular weight is 313 g/mol. The highest BCUT2D eigenvalue weighted by atomic mass is 35.5. The fourth-order valence-electron chi connectivity index (χ4n) is 2.28. The monoisotopic (exact) mass is 312 g/mol. The van der Waals surface area contributed by atoms with Crippen molar-refractivity contribution < 1.29 is 19.4 Å². The number of rotatable bonds is 1. The van der Waals surface area contributed by atoms with Crippen LogP contribution in [0.5, 0.6) is 5.75 Å². The fourth-order valence-corrected chi connectivity index (χ4v) is 2.45. The summed E-state index contributed by atoms with van der Waals surface area (Å²) in [6.45, 7) is 1.84. The van der Waals surface area contributed by atoms with E-state index in [1.54, 1.807) is 9.80 Å². The van der Waals surface area contributed by atoms with Gasteiger partial charge in [-0.25, -0.2) is 4.79 Å². The second-order valence-corrected chi connectivity index (χ2v) is 5.20. The number of benzene rings is 1. The second-order valence-electron chi connectivity index (χ2n) is 4.76. The van der Waals surface area contributed by atoms with Gasteiger partial charge in [0.1, 0.15) is 5.75 Å². The molecular weight excluding hydrogens is 296 g/mol. The summed E-state index contributed by atoms with van der Waals surface area (Å²) in [6, 6.07) is 4.37. The van der Waals surface area contributed by atoms with E-state index in [0.29, 0.717) is 37.6 Å². The van der Waals surface area contributed by atoms with Crippen LogP contribution in [0.4, 0.5) is 4.79 Å². The highest BCUT2D eigenvalue weighted by Crippen LogP contribution is 2.23. The third kappa shape index (κ3) is 3.58. The molecule has 1 saturated heterocycles. The molecule has 0 radical (unpaired) electrons. The van der Waals surface area contributed by atoms with E-state index in [9.17, 15) is 14.7 Å². The van der Waals surface area contributed by atoms with E-state index in [4.69, 9.17) is 11.6 Å². The summed E-state index contributed by atoms with van der Waals surface area (Å²) in [5.74, 6) is -0.389. The number of phenolic OH excluding ortho intramolecular Hbond substituents is 1. The lowest BCUT2D eigenvalue weighted by molar-refractivity contribution is 0.0754. The Balaban J connectivity index is 2.10. The molecule has 1 fully saturated rings. The second kappa shape index (κ2) is 6.67. The molecule has 0 aliphatic carbocycles. The lowest BCUT2D eigenvalue weighted by Gasteiger charge is -2.21. The van der Waals surface area contributed by atoms with Gasteiger partial charge in [-0.05, 0) is 24.6 Å². The first-order valence-corrected chi connectivity index (χ1v) is 7.01. The van der Waals surface area contributed by atoms with Crippen LogP contribution in [0.3, 0.4) is 0 Å². The van der Waals surface area contributed by atoms with E-state index in [1.165, 1.54) is 25.3 Å². The van der Waals surface area contributed by atoms with E-state index >= 15 is 0 Å². The fraction of sp³-hybridized carbons (Fsp3) is 0.429. The molecule has 1 N–H and O–H groups in total. The summed E-state index contributed by atoms with van der Waals surface area (Å²) in [5, 5.41) is 10.2. The van der Waals surface area contributed by atoms with Gasteiger partial charge in [-0.1, -0.05) is 11.6 Å². The normalized spacial score (nSPS) is 15.5. The summed E-state index contributed by atoms with van der Waals surface area (Å²) in [4.78, 5) is 27.1. The van der Waals surface area contributed by atoms with Crippen LogP contribution >= 0.6 is 11.6 Å². The van der Waals surface area contributed by atoms with Crippen LogP contribution in [0.25, 0.3) is 0 Å². The van der Waals surface area contributed by atoms with Gasteiger partial charge in [0.25, 0.3) is 5.91 Å². The maximum absolute atomic E-state index is 12.4. The van der Waals surface area contributed by atoms with Crippen LogP contribution < -0.4 is 0 Å². The van der Waals surface area contributed by atoms with Crippen molar-refractivity contribution in [3.8, 4) is 5.75 Å². The van der Waals surface area contributed by atoms with Gasteiger partial charge in [-0.2, -0.15) is 0 Å². The minimum Gasteiger partial charge on any atom is -0.507 e. The number of hydrogen-bond donors (Lipinski definition) is 1. The summed E-state index contributed by atoms with van der Waals surface area (Å²) in [5.41, 5.74) is 0.175. The van der Waals surface area contributed by atoms with Gasteiger partial charge in [0, 0.05) is 31.2 Å². The van der Waals surface area contributed by atoms with E-state index in [-0.39, 0.29) is 17.2 Å². The zero-order valence-electron chi connectivity index (χ0n) is 11.7. The number of aromatic hydroxyl groups is 1. The minimum atomic E-state index is -0.394. The first-order chi connectivity index (χ1) is 10.0. The number of methoxy groups -OCH3 is 1. The minimum absolute atomic E-state index is 0.0986. The largest absolute Gasteiger partial charge is 0.507 e. The predicted octanol–water partition coefficient (Wildman–Crippen LogP) is 1.96. The van der Waals surface area contributed by atoms with Crippen molar-refractivity contribution in [3.05, 3.63) is 28.8 Å². The number of hydrogen-bond acceptors (Lipinski definition) is 4. The summed E-state index contributed by atoms with van der Waals surface area (Å²) in [6.07, 6.45) is 0.261. The number of carbonyl (C=O) groups excluding carboxylic acids is 2. The number of amides is 2. The van der Waals surface area contributed by atoms with E-state index in [2.05, 4.69) is 4.74 Å². The molecule has 0 atom stereocenters. The summed E-state index contributed by atoms with van der Waals surface area (Å²) >= 11 is 5.86. The van der Waals surface area contributed by atoms with Crippen molar-refractivity contribution in [2.75, 3.05) is 33.3 Å². The molecule has 0 spiro atoms. The van der Waals surface area contributed by atoms with Crippen molar-refractivity contribution in [2.45, 2.75) is 6.42 Å². The molecule has 0 bridgehead atoms. The molecule has 2 amide bonds. The molecule has 0 saturated carbocycles. The Hall–Kier alpha value is -1.95. The maximum Gasteiger partial charge on any atom is 0.409 e. The Labute approximate surface area is 127 Å². The molecular formula is C14H17ClN2O4. The lowest BCUT2D eigenvalue weighted by atomic mass is 10.1. The first-order valence-electron chi connectivity index (χ1n) is 6.63. The molecule has 1 aromatic carbocycles. The Morgan fingerprint density at radius 1 is 1.19 bits per heavy atom. The van der Waals surface area contributed by atoms with Gasteiger partial charge < -0.3 is 19.6 Å². The molecule has 0 unspecified atom stereocenters. The van der Waals surface area contributed by atoms with E-state index < -0.39 is 6.09 Å². The number of halogens is 1. The molecule has 7 heteroatoms. The van der Waals surface area contributed by atoms with Gasteiger partial charge in [0.05, 0.1) is 12.7 Å². The molecule has 1 aromatic rings. The SMILES string of the molecule is COC(=O)N1CCCN(C(=O)c2cc(Cl)ccc2O)CC1. The van der Waals surface area contributed by atoms with Crippen molar-refractivity contribution in [1.82, 2.24) is 9.80 Å². The zero-order chi connectivity index (χ0) is 15.4. The predicted molar refractivity (Wildman–Crippen MR) is 77.6 cm³/mol. The van der Waals surface area contributed by atoms with Crippen molar-refractivity contribution in [1.29, 1.82) is 0 Å². The molecule has 21 heavy (non-hydrogen) atoms. The number of nitrogens with zero attached hydrogens (tertiary/aromatic N) is 2. The number of phenols is 1. The van der Waals surface area contributed by atoms with Gasteiger partial charge in [0.15, 0.2) is 0 Å². The van der Waals surface area contributed by atoms with Gasteiger partial charge >= 0.3 is 6.09 Å². The molecule has 6 nitrogen and oxygen atoms in total. The number of carbonyl (C=O) groups is 2. The van der Waals surface area contributed by atoms with Crippen LogP contribution in [0.15, 0.2) is 18.2 Å². The van der Waals surface area contributed by atoms with Crippen LogP contribution in [0.2, 0.25) is 5.02 Å². The zero-order valence-corrected chi connectivity index (χ0v) is 12.5. The molecule has 1 aliphatic heterocycles. The van der Waals surface area contributed by atoms with Gasteiger partial charge in [-0.15, -0.1) is 0 Å². The molecule has 0 aromatic heterocycles. The Morgan fingerprint density at radius 2 is 1.86 bits per heavy atom. The van der Waals surface area contributed by atoms with E-state index in [0.717, 1.165) is 0 Å². The summed E-state index contributed by atoms with van der Waals surface area (Å²) < 4.78 is 4.69. The van der Waals surface area contributed by atoms with Crippen LogP contribution in [-0.4, -0.2) is 60.2 Å². The maximum atomic E-state index is 12.4. The van der Waals surface area contributed by atoms with Crippen LogP contribution in [-0.2, 0) is 4.74 Å². The third-order valence-electron chi connectivity index (χ3n) is 3.40. The Bertz CT molecular complexity index is 550. The Morgan fingerprint density at radius 3 is 2.57 bits per heavy atom. The first kappa shape index (κ1) is 15.4. The summed E-state index contributed by atoms with van der Waals surface area (Å²) in [7, 11) is 1.33. The van der Waals surface area contributed by atoms with E-state index in [1.807, 2.05) is 0 Å². The topological polar surface area (TPSA) is 70.1 Å². The van der Waals surface area contributed by atoms with Gasteiger partial charge in [0.2, 0.25) is 0 Å². The highest BCUT2D eigenvalue weighted by Gasteiger charge is 2.24. The molecule has 1 aliphatic rings. The number of ether oxygens (including phenoxy) is 1. The standard InChI is InChI=1S/C14H17ClN2O4/c1-21-14(20)17-6-2-5-16(7-8-17)13(19)11-9-10(15)3-4-12(11)18/h3-4,9,18H,2,5-8H2,1H3. The Kier molecular flexibility index (Phi) is 4.90. The third-order valence-corrected chi connectivity index (χ3v) is 3.64. The molecule has 114 valence electrons. The lowest BCUT2D eigenvalue weighted by Crippen LogP contribution is -2.37. The molecule has 1 heterocycles. The van der Waals surface area contributed by atoms with Gasteiger partial charge in [-0.3, -0.25) is 4.79 Å². The molecule has 2 rings (SSSR count). The van der Waals surface area contributed by atoms with Crippen molar-refractivity contribution in [3.63, 3.8) is 0 Å². The quantitative estimate of drug-likeness (QED) is 0.860. The highest BCUT2D eigenvalue weighted by molar-refractivity contribution is 6.31.